The number of anilines is 2. The summed E-state index contributed by atoms with van der Waals surface area (Å²) < 4.78 is 70.3. The first-order valence-corrected chi connectivity index (χ1v) is 14.4. The Bertz CT molecular complexity index is 1460. The number of piperidine rings is 1. The number of pyridine rings is 2. The molecule has 13 heteroatoms. The fraction of sp³-hybridized carbons (Fsp3) is 0.444. The Kier molecular flexibility index (Phi) is 8.43. The second kappa shape index (κ2) is 11.5. The van der Waals surface area contributed by atoms with E-state index in [-0.39, 0.29) is 28.4 Å². The summed E-state index contributed by atoms with van der Waals surface area (Å²) in [5, 5.41) is 2.17. The number of alkyl halides is 3. The predicted molar refractivity (Wildman–Crippen MR) is 145 cm³/mol. The number of amides is 1. The smallest absolute Gasteiger partial charge is 0.357 e. The molecule has 4 rings (SSSR count). The van der Waals surface area contributed by atoms with Gasteiger partial charge in [-0.2, -0.15) is 21.6 Å². The van der Waals surface area contributed by atoms with Crippen LogP contribution in [0.3, 0.4) is 0 Å². The molecule has 40 heavy (non-hydrogen) atoms. The number of nitrogens with zero attached hydrogens (tertiary/aromatic N) is 4. The van der Waals surface area contributed by atoms with Crippen LogP contribution in [-0.2, 0) is 21.0 Å². The zero-order valence-electron chi connectivity index (χ0n) is 22.2. The molecule has 1 amide bonds. The fourth-order valence-electron chi connectivity index (χ4n) is 5.03. The molecule has 0 atom stereocenters. The van der Waals surface area contributed by atoms with Crippen LogP contribution < -0.4 is 9.62 Å². The minimum atomic E-state index is -4.67. The van der Waals surface area contributed by atoms with Crippen molar-refractivity contribution in [1.82, 2.24) is 9.97 Å². The van der Waals surface area contributed by atoms with Crippen LogP contribution in [0.2, 0.25) is 0 Å². The van der Waals surface area contributed by atoms with E-state index in [4.69, 9.17) is 0 Å². The maximum Gasteiger partial charge on any atom is 0.418 e. The van der Waals surface area contributed by atoms with E-state index in [2.05, 4.69) is 19.9 Å². The molecule has 0 radical (unpaired) electrons. The number of hydrogen-bond acceptors (Lipinski definition) is 7. The molecule has 0 saturated carbocycles. The van der Waals surface area contributed by atoms with Gasteiger partial charge in [0.25, 0.3) is 15.9 Å². The molecule has 1 fully saturated rings. The number of halogens is 3. The molecule has 1 aliphatic heterocycles. The number of allylic oxidation sites excluding steroid dienone is 4. The van der Waals surface area contributed by atoms with E-state index in [9.17, 15) is 31.3 Å². The molecular formula is C27H30F3N5O4S. The Balaban J connectivity index is 1.58. The van der Waals surface area contributed by atoms with Crippen LogP contribution in [0, 0.1) is 10.3 Å². The van der Waals surface area contributed by atoms with Crippen molar-refractivity contribution in [3.05, 3.63) is 64.2 Å². The molecule has 214 valence electrons. The summed E-state index contributed by atoms with van der Waals surface area (Å²) in [6.07, 6.45) is 1.90. The largest absolute Gasteiger partial charge is 0.418 e. The highest BCUT2D eigenvalue weighted by Gasteiger charge is 2.36. The predicted octanol–water partition coefficient (Wildman–Crippen LogP) is 6.10. The van der Waals surface area contributed by atoms with Gasteiger partial charge in [-0.15, -0.1) is 4.91 Å². The second-order valence-electron chi connectivity index (χ2n) is 10.3. The lowest BCUT2D eigenvalue weighted by Crippen LogP contribution is -2.40. The second-order valence-corrected chi connectivity index (χ2v) is 11.9. The topological polar surface area (TPSA) is 122 Å². The molecule has 9 nitrogen and oxygen atoms in total. The minimum Gasteiger partial charge on any atom is -0.357 e. The maximum atomic E-state index is 13.8. The number of nitrogens with one attached hydrogen (secondary N) is 1. The van der Waals surface area contributed by atoms with Gasteiger partial charge in [0.1, 0.15) is 11.6 Å². The van der Waals surface area contributed by atoms with Gasteiger partial charge < -0.3 is 4.90 Å². The monoisotopic (exact) mass is 577 g/mol. The first-order chi connectivity index (χ1) is 18.8. The summed E-state index contributed by atoms with van der Waals surface area (Å²) in [6.45, 7) is 4.71. The average Bonchev–Trinajstić information content (AvgIpc) is 2.92. The highest BCUT2D eigenvalue weighted by molar-refractivity contribution is 7.92. The van der Waals surface area contributed by atoms with Gasteiger partial charge in [0.15, 0.2) is 5.03 Å². The quantitative estimate of drug-likeness (QED) is 0.376. The molecule has 0 aromatic carbocycles. The Hall–Kier alpha value is -3.61. The number of rotatable bonds is 8. The van der Waals surface area contributed by atoms with Crippen molar-refractivity contribution in [1.29, 1.82) is 0 Å². The van der Waals surface area contributed by atoms with Gasteiger partial charge in [-0.25, -0.2) is 9.97 Å². The number of aromatic nitrogens is 2. The van der Waals surface area contributed by atoms with Gasteiger partial charge >= 0.3 is 6.18 Å². The number of hydrogen-bond donors (Lipinski definition) is 1. The van der Waals surface area contributed by atoms with Gasteiger partial charge in [-0.3, -0.25) is 9.52 Å². The van der Waals surface area contributed by atoms with Crippen LogP contribution in [0.1, 0.15) is 63.6 Å². The summed E-state index contributed by atoms with van der Waals surface area (Å²) in [4.78, 5) is 32.3. The van der Waals surface area contributed by atoms with Crippen LogP contribution in [0.5, 0.6) is 0 Å². The summed E-state index contributed by atoms with van der Waals surface area (Å²) in [5.74, 6) is -0.551. The van der Waals surface area contributed by atoms with E-state index in [1.165, 1.54) is 12.1 Å². The highest BCUT2D eigenvalue weighted by atomic mass is 32.2. The van der Waals surface area contributed by atoms with E-state index in [0.717, 1.165) is 17.7 Å². The van der Waals surface area contributed by atoms with E-state index in [1.54, 1.807) is 12.1 Å². The lowest BCUT2D eigenvalue weighted by atomic mass is 9.77. The summed E-state index contributed by atoms with van der Waals surface area (Å²) >= 11 is 0. The van der Waals surface area contributed by atoms with E-state index in [0.29, 0.717) is 56.6 Å². The van der Waals surface area contributed by atoms with Gasteiger partial charge in [0.2, 0.25) is 0 Å². The Morgan fingerprint density at radius 2 is 1.80 bits per heavy atom. The molecule has 2 aliphatic rings. The van der Waals surface area contributed by atoms with Gasteiger partial charge in [0.05, 0.1) is 11.3 Å². The molecule has 0 spiro atoms. The van der Waals surface area contributed by atoms with Crippen LogP contribution in [-0.4, -0.2) is 37.4 Å². The number of carbonyl (C=O) groups excluding carboxylic acids is 1. The molecule has 1 aliphatic carbocycles. The standard InChI is InChI=1S/C27H30F3N5O4S/c1-3-18-7-4-5-8-19(18)25-20(27(28,29)30)11-12-21(31-25)34-40(38,39)24-10-6-9-22(32-24)35-15-13-26(2,14-16-35)17-23(36)33-37/h6-12H,3-5,13-17H2,1-2H3,(H,31,34). The van der Waals surface area contributed by atoms with Crippen molar-refractivity contribution < 1.29 is 26.4 Å². The molecule has 0 bridgehead atoms. The molecule has 2 aromatic rings. The van der Waals surface area contributed by atoms with E-state index < -0.39 is 27.7 Å². The molecule has 3 heterocycles. The highest BCUT2D eigenvalue weighted by Crippen LogP contribution is 2.40. The Morgan fingerprint density at radius 3 is 2.45 bits per heavy atom. The normalized spacial score (nSPS) is 17.6. The summed E-state index contributed by atoms with van der Waals surface area (Å²) in [7, 11) is -4.29. The third-order valence-electron chi connectivity index (χ3n) is 7.29. The Labute approximate surface area is 230 Å². The fourth-order valence-corrected chi connectivity index (χ4v) is 5.99. The zero-order chi connectivity index (χ0) is 29.1. The molecule has 0 unspecified atom stereocenters. The lowest BCUT2D eigenvalue weighted by Gasteiger charge is -2.39. The minimum absolute atomic E-state index is 0.0463. The van der Waals surface area contributed by atoms with E-state index in [1.807, 2.05) is 24.8 Å². The van der Waals surface area contributed by atoms with Crippen LogP contribution in [0.25, 0.3) is 5.57 Å². The molecule has 1 N–H and O–H groups in total. The summed E-state index contributed by atoms with van der Waals surface area (Å²) in [5.41, 5.74) is -0.570. The van der Waals surface area contributed by atoms with Crippen molar-refractivity contribution in [3.8, 4) is 0 Å². The maximum absolute atomic E-state index is 13.8. The zero-order valence-corrected chi connectivity index (χ0v) is 23.0. The van der Waals surface area contributed by atoms with E-state index >= 15 is 0 Å². The number of nitroso groups, excluding NO2 is 1. The molecule has 1 saturated heterocycles. The van der Waals surface area contributed by atoms with Crippen molar-refractivity contribution in [2.45, 2.75) is 63.6 Å². The van der Waals surface area contributed by atoms with Crippen LogP contribution in [0.4, 0.5) is 24.8 Å². The molecule has 2 aromatic heterocycles. The first-order valence-electron chi connectivity index (χ1n) is 12.9. The van der Waals surface area contributed by atoms with Crippen LogP contribution in [0.15, 0.2) is 58.3 Å². The van der Waals surface area contributed by atoms with Gasteiger partial charge in [-0.1, -0.05) is 32.1 Å². The van der Waals surface area contributed by atoms with Gasteiger partial charge in [-0.05, 0) is 72.9 Å². The van der Waals surface area contributed by atoms with Crippen molar-refractivity contribution in [2.75, 3.05) is 22.7 Å². The first kappa shape index (κ1) is 29.4. The van der Waals surface area contributed by atoms with Gasteiger partial charge in [0, 0.05) is 24.7 Å². The SMILES string of the molecule is CCC1=CCCC=C1c1nc(NS(=O)(=O)c2cccc(N3CCC(C)(CC(=O)N=O)CC3)n2)ccc1C(F)(F)F. The Morgan fingerprint density at radius 1 is 1.10 bits per heavy atom. The molecular weight excluding hydrogens is 547 g/mol. The third-order valence-corrected chi connectivity index (χ3v) is 8.54. The summed E-state index contributed by atoms with van der Waals surface area (Å²) in [6, 6.07) is 6.31. The van der Waals surface area contributed by atoms with Crippen LogP contribution >= 0.6 is 0 Å². The number of sulfonamides is 1. The third kappa shape index (κ3) is 6.57. The lowest BCUT2D eigenvalue weighted by molar-refractivity contribution is -0.138. The van der Waals surface area contributed by atoms with Crippen molar-refractivity contribution in [3.63, 3.8) is 0 Å². The number of carbonyl (C=O) groups is 1. The van der Waals surface area contributed by atoms with Crippen molar-refractivity contribution in [2.24, 2.45) is 10.6 Å². The average molecular weight is 578 g/mol. The van der Waals surface area contributed by atoms with Crippen molar-refractivity contribution >= 4 is 33.1 Å².